The van der Waals surface area contributed by atoms with Gasteiger partial charge in [0.2, 0.25) is 0 Å². The molecular formula is C4H6HeO. The van der Waals surface area contributed by atoms with Crippen LogP contribution >= 0.6 is 0 Å². The van der Waals surface area contributed by atoms with E-state index in [9.17, 15) is 0 Å². The van der Waals surface area contributed by atoms with Crippen LogP contribution in [-0.2, 0) is 5.48 Å². The predicted octanol–water partition coefficient (Wildman–Crippen LogP) is 1.24. The van der Waals surface area contributed by atoms with Crippen molar-refractivity contribution in [3.63, 3.8) is 0 Å². The van der Waals surface area contributed by atoms with E-state index in [1.807, 2.05) is 0 Å². The second kappa shape index (κ2) is 26.8. The third-order valence-electron chi connectivity index (χ3n) is 0.167. The minimum absolute atomic E-state index is 0. The van der Waals surface area contributed by atoms with E-state index >= 15 is 0 Å². The van der Waals surface area contributed by atoms with E-state index in [0.717, 1.165) is 0 Å². The summed E-state index contributed by atoms with van der Waals surface area (Å²) in [6.07, 6.45) is 3.28. The van der Waals surface area contributed by atoms with Crippen LogP contribution in [0.25, 0.3) is 0 Å². The summed E-state index contributed by atoms with van der Waals surface area (Å²) in [5.41, 5.74) is 0. The van der Waals surface area contributed by atoms with Gasteiger partial charge in [-0.25, -0.2) is 0 Å². The summed E-state index contributed by atoms with van der Waals surface area (Å²) in [6.45, 7) is 6.72. The van der Waals surface area contributed by atoms with Crippen molar-refractivity contribution >= 4 is 0 Å². The van der Waals surface area contributed by atoms with Crippen LogP contribution in [0.15, 0.2) is 25.3 Å². The minimum Gasteiger partial charge on any atom is -0.0991 e. The van der Waals surface area contributed by atoms with Gasteiger partial charge in [-0.1, -0.05) is 25.3 Å². The first-order chi connectivity index (χ1) is 1.91. The van der Waals surface area contributed by atoms with Gasteiger partial charge in [0.15, 0.2) is 0 Å². The quantitative estimate of drug-likeness (QED) is 0.419. The largest absolute Gasteiger partial charge is 0.0991 e. The van der Waals surface area contributed by atoms with Crippen LogP contribution in [0, 0.1) is 6.15 Å². The molecule has 0 N–H and O–H groups in total. The van der Waals surface area contributed by atoms with Gasteiger partial charge in [-0.05, 0) is 0 Å². The van der Waals surface area contributed by atoms with Gasteiger partial charge in [0.05, 0.1) is 0 Å². The number of rotatable bonds is 1. The van der Waals surface area contributed by atoms with E-state index in [2.05, 4.69) is 13.2 Å². The molecule has 2 radical (unpaired) electrons. The van der Waals surface area contributed by atoms with Crippen LogP contribution in [0.5, 0.6) is 0 Å². The Morgan fingerprint density at radius 1 is 1.00 bits per heavy atom. The molecule has 0 aromatic carbocycles. The van der Waals surface area contributed by atoms with Crippen molar-refractivity contribution in [1.29, 1.82) is 0 Å². The Balaban J connectivity index is -0.0000000450. The SMILES string of the molecule is C=CC=C.[He].[O]. The second-order valence-electron chi connectivity index (χ2n) is 0.471. The summed E-state index contributed by atoms with van der Waals surface area (Å²) in [7, 11) is 0. The van der Waals surface area contributed by atoms with Gasteiger partial charge < -0.3 is 0 Å². The van der Waals surface area contributed by atoms with Gasteiger partial charge in [0.1, 0.15) is 0 Å². The normalized spacial score (nSPS) is 3.33. The fourth-order valence-corrected chi connectivity index (χ4v) is 0. The second-order valence-corrected chi connectivity index (χ2v) is 0.471. The van der Waals surface area contributed by atoms with Crippen molar-refractivity contribution < 1.29 is 11.6 Å². The first-order valence-corrected chi connectivity index (χ1v) is 1.15. The van der Waals surface area contributed by atoms with Crippen LogP contribution in [0.2, 0.25) is 0 Å². The third-order valence-corrected chi connectivity index (χ3v) is 0.167. The molecule has 2 heteroatoms. The summed E-state index contributed by atoms with van der Waals surface area (Å²) in [4.78, 5) is 0. The summed E-state index contributed by atoms with van der Waals surface area (Å²) in [6, 6.07) is 0. The zero-order valence-corrected chi connectivity index (χ0v) is 3.68. The molecule has 0 saturated heterocycles. The average Bonchev–Trinajstić information content (AvgIpc) is 1.37. The van der Waals surface area contributed by atoms with E-state index in [1.165, 1.54) is 0 Å². The maximum atomic E-state index is 3.36. The standard InChI is InChI=1S/C4H6.He.O/c1-3-4-2;;/h3-4H,1-2H2;;. The molecule has 0 rings (SSSR count). The predicted molar refractivity (Wildman–Crippen MR) is 21.1 cm³/mol. The molecule has 0 aliphatic carbocycles. The van der Waals surface area contributed by atoms with E-state index in [4.69, 9.17) is 0 Å². The molecule has 0 aliphatic rings. The molecular weight excluding hydrogens is 68.0 g/mol. The van der Waals surface area contributed by atoms with Gasteiger partial charge in [0, 0.05) is 11.6 Å². The fraction of sp³-hybridized carbons (Fsp3) is 0. The molecule has 0 atom stereocenters. The molecule has 0 aliphatic heterocycles. The topological polar surface area (TPSA) is 28.5 Å². The molecule has 1 nitrogen and oxygen atoms in total. The van der Waals surface area contributed by atoms with Gasteiger partial charge >= 0.3 is 0 Å². The minimum atomic E-state index is 0. The zero-order chi connectivity index (χ0) is 3.41. The van der Waals surface area contributed by atoms with Crippen molar-refractivity contribution in [2.75, 3.05) is 0 Å². The summed E-state index contributed by atoms with van der Waals surface area (Å²) < 4.78 is 0. The summed E-state index contributed by atoms with van der Waals surface area (Å²) >= 11 is 0. The summed E-state index contributed by atoms with van der Waals surface area (Å²) in [5.74, 6) is 0. The van der Waals surface area contributed by atoms with Crippen molar-refractivity contribution in [3.8, 4) is 0 Å². The molecule has 0 aromatic rings. The Hall–Kier alpha value is -0.651. The zero-order valence-electron chi connectivity index (χ0n) is 3.68. The van der Waals surface area contributed by atoms with Crippen LogP contribution in [0.1, 0.15) is 0 Å². The van der Waals surface area contributed by atoms with Crippen LogP contribution < -0.4 is 0 Å². The Kier molecular flexibility index (Phi) is 81.9. The van der Waals surface area contributed by atoms with Crippen LogP contribution in [0.3, 0.4) is 0 Å². The van der Waals surface area contributed by atoms with Gasteiger partial charge in [-0.15, -0.1) is 0 Å². The maximum Gasteiger partial charge on any atom is 0 e. The monoisotopic (exact) mass is 74.0 g/mol. The molecule has 0 aromatic heterocycles. The number of allylic oxidation sites excluding steroid dienone is 2. The first-order valence-electron chi connectivity index (χ1n) is 1.15. The smallest absolute Gasteiger partial charge is 0 e. The molecule has 0 fully saturated rings. The molecule has 0 bridgehead atoms. The van der Waals surface area contributed by atoms with Crippen molar-refractivity contribution in [3.05, 3.63) is 25.3 Å². The van der Waals surface area contributed by atoms with E-state index in [1.54, 1.807) is 12.2 Å². The molecule has 0 unspecified atom stereocenters. The first kappa shape index (κ1) is 18.3. The van der Waals surface area contributed by atoms with Crippen LogP contribution in [-0.4, -0.2) is 0 Å². The van der Waals surface area contributed by atoms with Gasteiger partial charge in [-0.3, -0.25) is 0 Å². The average molecular weight is 74.1 g/mol. The van der Waals surface area contributed by atoms with Crippen molar-refractivity contribution in [2.24, 2.45) is 0 Å². The van der Waals surface area contributed by atoms with Crippen molar-refractivity contribution in [2.45, 2.75) is 0 Å². The number of hydrogen-bond acceptors (Lipinski definition) is 0. The maximum absolute atomic E-state index is 3.36. The molecule has 30 valence electrons. The molecule has 0 heterocycles. The third kappa shape index (κ3) is 152. The van der Waals surface area contributed by atoms with E-state index in [0.29, 0.717) is 0 Å². The molecule has 0 saturated carbocycles. The van der Waals surface area contributed by atoms with Crippen LogP contribution in [0.4, 0.5) is 0 Å². The molecule has 0 amide bonds. The Morgan fingerprint density at radius 2 is 1.17 bits per heavy atom. The Labute approximate surface area is 38.1 Å². The van der Waals surface area contributed by atoms with Gasteiger partial charge in [-0.2, -0.15) is 0 Å². The summed E-state index contributed by atoms with van der Waals surface area (Å²) in [5, 5.41) is 0. The Morgan fingerprint density at radius 3 is 1.17 bits per heavy atom. The molecule has 6 heavy (non-hydrogen) atoms. The van der Waals surface area contributed by atoms with E-state index in [-0.39, 0.29) is 11.6 Å². The van der Waals surface area contributed by atoms with E-state index < -0.39 is 0 Å². The molecule has 0 spiro atoms. The van der Waals surface area contributed by atoms with Crippen molar-refractivity contribution in [1.82, 2.24) is 0 Å². The number of hydrogen-bond donors (Lipinski definition) is 0. The Bertz CT molecular complexity index is 28.5. The fourth-order valence-electron chi connectivity index (χ4n) is 0. The van der Waals surface area contributed by atoms with Gasteiger partial charge in [0.25, 0.3) is 0 Å².